The fraction of sp³-hybridized carbons (Fsp3) is 0.385. The quantitative estimate of drug-likeness (QED) is 0.664. The van der Waals surface area contributed by atoms with Crippen LogP contribution in [0.3, 0.4) is 0 Å². The molecular formula is C13H12ClN5O. The van der Waals surface area contributed by atoms with Gasteiger partial charge >= 0.3 is 0 Å². The lowest BCUT2D eigenvalue weighted by Crippen LogP contribution is -2.48. The summed E-state index contributed by atoms with van der Waals surface area (Å²) in [5.74, 6) is 0.267. The number of nitrogens with zero attached hydrogens (tertiary/aromatic N) is 4. The Morgan fingerprint density at radius 1 is 1.65 bits per heavy atom. The van der Waals surface area contributed by atoms with Gasteiger partial charge in [0.1, 0.15) is 17.0 Å². The number of anilines is 1. The number of aromatic nitrogens is 1. The summed E-state index contributed by atoms with van der Waals surface area (Å²) < 4.78 is 0. The van der Waals surface area contributed by atoms with Gasteiger partial charge in [-0.3, -0.25) is 4.79 Å². The summed E-state index contributed by atoms with van der Waals surface area (Å²) in [7, 11) is 0. The van der Waals surface area contributed by atoms with Gasteiger partial charge < -0.3 is 10.2 Å². The van der Waals surface area contributed by atoms with Crippen molar-refractivity contribution in [1.82, 2.24) is 10.3 Å². The van der Waals surface area contributed by atoms with Gasteiger partial charge in [-0.2, -0.15) is 5.26 Å². The van der Waals surface area contributed by atoms with E-state index in [9.17, 15) is 4.79 Å². The van der Waals surface area contributed by atoms with Crippen molar-refractivity contribution in [3.8, 4) is 6.07 Å². The normalized spacial score (nSPS) is 14.4. The molecule has 0 bridgehead atoms. The van der Waals surface area contributed by atoms with Crippen molar-refractivity contribution < 1.29 is 4.79 Å². The van der Waals surface area contributed by atoms with Crippen LogP contribution in [-0.4, -0.2) is 30.5 Å². The van der Waals surface area contributed by atoms with E-state index in [0.29, 0.717) is 36.6 Å². The van der Waals surface area contributed by atoms with Crippen LogP contribution in [0.2, 0.25) is 5.15 Å². The van der Waals surface area contributed by atoms with Gasteiger partial charge in [-0.15, -0.1) is 0 Å². The van der Waals surface area contributed by atoms with E-state index < -0.39 is 0 Å². The molecule has 2 rings (SSSR count). The summed E-state index contributed by atoms with van der Waals surface area (Å²) in [6, 6.07) is 1.99. The average molecular weight is 290 g/mol. The van der Waals surface area contributed by atoms with Crippen molar-refractivity contribution in [3.63, 3.8) is 0 Å². The molecule has 0 atom stereocenters. The zero-order valence-electron chi connectivity index (χ0n) is 10.9. The van der Waals surface area contributed by atoms with E-state index in [-0.39, 0.29) is 23.2 Å². The molecule has 0 unspecified atom stereocenters. The van der Waals surface area contributed by atoms with Crippen LogP contribution in [0, 0.1) is 17.9 Å². The van der Waals surface area contributed by atoms with Crippen molar-refractivity contribution in [1.29, 1.82) is 5.26 Å². The van der Waals surface area contributed by atoms with Crippen molar-refractivity contribution >= 4 is 29.0 Å². The Kier molecular flexibility index (Phi) is 4.07. The van der Waals surface area contributed by atoms with Gasteiger partial charge in [-0.1, -0.05) is 18.5 Å². The van der Waals surface area contributed by atoms with Gasteiger partial charge in [0.15, 0.2) is 0 Å². The molecule has 6 nitrogen and oxygen atoms in total. The second-order valence-electron chi connectivity index (χ2n) is 4.28. The van der Waals surface area contributed by atoms with Gasteiger partial charge in [-0.05, 0) is 12.0 Å². The lowest BCUT2D eigenvalue weighted by atomic mass is 10.1. The number of carbonyl (C=O) groups is 1. The highest BCUT2D eigenvalue weighted by atomic mass is 35.5. The van der Waals surface area contributed by atoms with Gasteiger partial charge in [0.25, 0.3) is 0 Å². The van der Waals surface area contributed by atoms with Crippen LogP contribution in [-0.2, 0) is 11.2 Å². The molecule has 1 aliphatic heterocycles. The molecule has 7 heteroatoms. The molecule has 0 aromatic carbocycles. The van der Waals surface area contributed by atoms with Crippen molar-refractivity contribution in [2.24, 2.45) is 0 Å². The molecule has 0 spiro atoms. The summed E-state index contributed by atoms with van der Waals surface area (Å²) >= 11 is 6.03. The Morgan fingerprint density at radius 2 is 2.40 bits per heavy atom. The number of carbonyl (C=O) groups excluding carboxylic acids is 1. The van der Waals surface area contributed by atoms with Crippen LogP contribution in [0.15, 0.2) is 0 Å². The van der Waals surface area contributed by atoms with E-state index in [0.717, 1.165) is 0 Å². The largest absolute Gasteiger partial charge is 0.354 e. The fourth-order valence-electron chi connectivity index (χ4n) is 2.19. The SMILES string of the molecule is [C-]#[N+]c1c(N2CCNC(=O)C2)nc(Cl)c(C#N)c1CC. The second kappa shape index (κ2) is 5.77. The van der Waals surface area contributed by atoms with E-state index in [4.69, 9.17) is 23.4 Å². The summed E-state index contributed by atoms with van der Waals surface area (Å²) in [5.41, 5.74) is 1.14. The van der Waals surface area contributed by atoms with Gasteiger partial charge in [0.05, 0.1) is 18.7 Å². The summed E-state index contributed by atoms with van der Waals surface area (Å²) in [5, 5.41) is 11.9. The van der Waals surface area contributed by atoms with Crippen LogP contribution < -0.4 is 10.2 Å². The Labute approximate surface area is 121 Å². The fourth-order valence-corrected chi connectivity index (χ4v) is 2.43. The smallest absolute Gasteiger partial charge is 0.239 e. The standard InChI is InChI=1S/C13H12ClN5O/c1-3-8-9(6-15)12(14)18-13(11(8)16-2)19-5-4-17-10(20)7-19/h3-5,7H2,1H3,(H,17,20). The first kappa shape index (κ1) is 14.1. The first-order chi connectivity index (χ1) is 9.62. The van der Waals surface area contributed by atoms with Gasteiger partial charge in [-0.25, -0.2) is 9.83 Å². The Morgan fingerprint density at radius 3 is 2.95 bits per heavy atom. The molecule has 1 amide bonds. The molecule has 0 aliphatic carbocycles. The molecule has 102 valence electrons. The summed E-state index contributed by atoms with van der Waals surface area (Å²) in [4.78, 5) is 20.8. The number of nitriles is 1. The molecule has 1 aromatic rings. The Bertz CT molecular complexity index is 644. The number of nitrogens with one attached hydrogen (secondary N) is 1. The van der Waals surface area contributed by atoms with Crippen LogP contribution in [0.25, 0.3) is 4.85 Å². The lowest BCUT2D eigenvalue weighted by Gasteiger charge is -2.29. The zero-order chi connectivity index (χ0) is 14.7. The van der Waals surface area contributed by atoms with Crippen LogP contribution in [0.4, 0.5) is 11.5 Å². The molecule has 1 aliphatic rings. The third-order valence-electron chi connectivity index (χ3n) is 3.12. The van der Waals surface area contributed by atoms with E-state index in [1.807, 2.05) is 13.0 Å². The lowest BCUT2D eigenvalue weighted by molar-refractivity contribution is -0.120. The maximum Gasteiger partial charge on any atom is 0.239 e. The maximum atomic E-state index is 11.5. The van der Waals surface area contributed by atoms with E-state index in [1.165, 1.54) is 0 Å². The first-order valence-corrected chi connectivity index (χ1v) is 6.51. The monoisotopic (exact) mass is 289 g/mol. The number of hydrogen-bond donors (Lipinski definition) is 1. The summed E-state index contributed by atoms with van der Waals surface area (Å²) in [6.07, 6.45) is 0.510. The highest BCUT2D eigenvalue weighted by molar-refractivity contribution is 6.31. The third kappa shape index (κ3) is 2.38. The number of amides is 1. The number of hydrogen-bond acceptors (Lipinski definition) is 4. The van der Waals surface area contributed by atoms with Crippen molar-refractivity contribution in [3.05, 3.63) is 27.7 Å². The maximum absolute atomic E-state index is 11.5. The number of piperazine rings is 1. The minimum absolute atomic E-state index is 0.0812. The highest BCUT2D eigenvalue weighted by Crippen LogP contribution is 2.36. The number of rotatable bonds is 2. The molecule has 2 heterocycles. The predicted molar refractivity (Wildman–Crippen MR) is 74.8 cm³/mol. The minimum Gasteiger partial charge on any atom is -0.354 e. The number of pyridine rings is 1. The summed E-state index contributed by atoms with van der Waals surface area (Å²) in [6.45, 7) is 10.4. The molecular weight excluding hydrogens is 278 g/mol. The molecule has 20 heavy (non-hydrogen) atoms. The van der Waals surface area contributed by atoms with E-state index in [2.05, 4.69) is 15.1 Å². The minimum atomic E-state index is -0.118. The molecule has 0 saturated carbocycles. The highest BCUT2D eigenvalue weighted by Gasteiger charge is 2.25. The molecule has 0 radical (unpaired) electrons. The van der Waals surface area contributed by atoms with Crippen molar-refractivity contribution in [2.45, 2.75) is 13.3 Å². The third-order valence-corrected chi connectivity index (χ3v) is 3.40. The van der Waals surface area contributed by atoms with Crippen LogP contribution in [0.5, 0.6) is 0 Å². The predicted octanol–water partition coefficient (Wildman–Crippen LogP) is 1.66. The number of halogens is 1. The Hall–Kier alpha value is -2.31. The van der Waals surface area contributed by atoms with Gasteiger partial charge in [0, 0.05) is 13.1 Å². The van der Waals surface area contributed by atoms with E-state index in [1.54, 1.807) is 4.90 Å². The average Bonchev–Trinajstić information content (AvgIpc) is 2.45. The van der Waals surface area contributed by atoms with Crippen molar-refractivity contribution in [2.75, 3.05) is 24.5 Å². The van der Waals surface area contributed by atoms with Crippen LogP contribution in [0.1, 0.15) is 18.1 Å². The zero-order valence-corrected chi connectivity index (χ0v) is 11.7. The van der Waals surface area contributed by atoms with Gasteiger partial charge in [0.2, 0.25) is 11.6 Å². The molecule has 1 saturated heterocycles. The Balaban J connectivity index is 2.59. The molecule has 1 aromatic heterocycles. The molecule has 1 fully saturated rings. The molecule has 1 N–H and O–H groups in total. The van der Waals surface area contributed by atoms with E-state index >= 15 is 0 Å². The first-order valence-electron chi connectivity index (χ1n) is 6.13. The topological polar surface area (TPSA) is 73.4 Å². The second-order valence-corrected chi connectivity index (χ2v) is 4.64. The van der Waals surface area contributed by atoms with Crippen LogP contribution >= 0.6 is 11.6 Å².